The summed E-state index contributed by atoms with van der Waals surface area (Å²) in [7, 11) is 0. The van der Waals surface area contributed by atoms with Gasteiger partial charge < -0.3 is 4.74 Å². The van der Waals surface area contributed by atoms with Crippen molar-refractivity contribution in [2.24, 2.45) is 0 Å². The Labute approximate surface area is 171 Å². The van der Waals surface area contributed by atoms with E-state index in [9.17, 15) is 18.4 Å². The number of ether oxygens (including phenoxy) is 1. The molecule has 0 aliphatic heterocycles. The number of hydrogen-bond donors (Lipinski definition) is 0. The predicted molar refractivity (Wildman–Crippen MR) is 105 cm³/mol. The zero-order chi connectivity index (χ0) is 21.1. The number of amides is 1. The summed E-state index contributed by atoms with van der Waals surface area (Å²) in [5.41, 5.74) is 1.57. The Kier molecular flexibility index (Phi) is 6.61. The van der Waals surface area contributed by atoms with Crippen LogP contribution in [0.4, 0.5) is 13.9 Å². The molecule has 1 aliphatic carbocycles. The molecule has 1 amide bonds. The average molecular weight is 426 g/mol. The van der Waals surface area contributed by atoms with Crippen molar-refractivity contribution in [2.75, 3.05) is 18.1 Å². The van der Waals surface area contributed by atoms with Crippen LogP contribution in [0.3, 0.4) is 0 Å². The van der Waals surface area contributed by atoms with Gasteiger partial charge in [-0.25, -0.2) is 18.6 Å². The van der Waals surface area contributed by atoms with Gasteiger partial charge in [-0.3, -0.25) is 14.4 Å². The Morgan fingerprint density at radius 3 is 2.72 bits per heavy atom. The first-order valence-electron chi connectivity index (χ1n) is 9.68. The topological polar surface area (TPSA) is 77.3 Å². The Morgan fingerprint density at radius 2 is 2.07 bits per heavy atom. The quantitative estimate of drug-likeness (QED) is 0.602. The van der Waals surface area contributed by atoms with Gasteiger partial charge in [-0.1, -0.05) is 18.3 Å². The molecule has 2 aromatic rings. The fourth-order valence-electron chi connectivity index (χ4n) is 3.49. The molecule has 7 nitrogen and oxygen atoms in total. The normalized spacial score (nSPS) is 13.0. The third-order valence-corrected chi connectivity index (χ3v) is 5.92. The Balaban J connectivity index is 1.86. The van der Waals surface area contributed by atoms with Crippen LogP contribution in [0.1, 0.15) is 65.4 Å². The van der Waals surface area contributed by atoms with Gasteiger partial charge in [0.15, 0.2) is 5.13 Å². The lowest BCUT2D eigenvalue weighted by molar-refractivity contribution is -0.119. The lowest BCUT2D eigenvalue weighted by atomic mass is 10.2. The standard InChI is InChI=1S/C19H24F2N4O3S/c1-4-9-24(19-22-11(3)16(29-19)18(27)28-5-2)14(26)10-25-13-8-6-7-12(13)15(23-25)17(20)21/h17H,4-10H2,1-3H3. The van der Waals surface area contributed by atoms with Crippen molar-refractivity contribution in [3.63, 3.8) is 0 Å². The molecule has 10 heteroatoms. The first kappa shape index (κ1) is 21.4. The zero-order valence-electron chi connectivity index (χ0n) is 16.7. The van der Waals surface area contributed by atoms with Crippen LogP contribution in [0, 0.1) is 6.92 Å². The fourth-order valence-corrected chi connectivity index (χ4v) is 4.50. The van der Waals surface area contributed by atoms with E-state index in [0.717, 1.165) is 17.8 Å². The molecule has 0 radical (unpaired) electrons. The van der Waals surface area contributed by atoms with Crippen LogP contribution < -0.4 is 4.90 Å². The number of carbonyl (C=O) groups is 2. The average Bonchev–Trinajstić information content (AvgIpc) is 3.36. The van der Waals surface area contributed by atoms with E-state index in [2.05, 4.69) is 10.1 Å². The molecule has 0 spiro atoms. The lowest BCUT2D eigenvalue weighted by Gasteiger charge is -2.19. The SMILES string of the molecule is CCCN(C(=O)Cn1nc(C(F)F)c2c1CCC2)c1nc(C)c(C(=O)OCC)s1. The Morgan fingerprint density at radius 1 is 1.31 bits per heavy atom. The minimum atomic E-state index is -2.65. The minimum absolute atomic E-state index is 0.136. The van der Waals surface area contributed by atoms with Gasteiger partial charge >= 0.3 is 5.97 Å². The van der Waals surface area contributed by atoms with E-state index in [1.807, 2.05) is 6.92 Å². The maximum atomic E-state index is 13.3. The van der Waals surface area contributed by atoms with Gasteiger partial charge in [-0.15, -0.1) is 0 Å². The summed E-state index contributed by atoms with van der Waals surface area (Å²) in [5, 5.41) is 4.41. The zero-order valence-corrected chi connectivity index (χ0v) is 17.5. The maximum absolute atomic E-state index is 13.3. The molecule has 0 fully saturated rings. The van der Waals surface area contributed by atoms with E-state index in [1.165, 1.54) is 9.58 Å². The van der Waals surface area contributed by atoms with Gasteiger partial charge in [0.05, 0.1) is 12.3 Å². The van der Waals surface area contributed by atoms with E-state index in [-0.39, 0.29) is 24.8 Å². The van der Waals surface area contributed by atoms with E-state index in [4.69, 9.17) is 4.74 Å². The van der Waals surface area contributed by atoms with Crippen molar-refractivity contribution < 1.29 is 23.1 Å². The molecule has 158 valence electrons. The van der Waals surface area contributed by atoms with Crippen molar-refractivity contribution in [3.05, 3.63) is 27.5 Å². The number of aromatic nitrogens is 3. The van der Waals surface area contributed by atoms with E-state index in [1.54, 1.807) is 13.8 Å². The second kappa shape index (κ2) is 8.98. The molecule has 2 aromatic heterocycles. The lowest BCUT2D eigenvalue weighted by Crippen LogP contribution is -2.35. The molecule has 0 atom stereocenters. The van der Waals surface area contributed by atoms with Gasteiger partial charge in [0.25, 0.3) is 12.3 Å². The molecule has 0 saturated heterocycles. The predicted octanol–water partition coefficient (Wildman–Crippen LogP) is 3.69. The summed E-state index contributed by atoms with van der Waals surface area (Å²) in [6.45, 7) is 5.85. The van der Waals surface area contributed by atoms with Crippen molar-refractivity contribution in [2.45, 2.75) is 59.4 Å². The summed E-state index contributed by atoms with van der Waals surface area (Å²) < 4.78 is 33.0. The highest BCUT2D eigenvalue weighted by molar-refractivity contribution is 7.17. The van der Waals surface area contributed by atoms with Crippen LogP contribution in [0.25, 0.3) is 0 Å². The number of hydrogen-bond acceptors (Lipinski definition) is 6. The number of anilines is 1. The number of aryl methyl sites for hydroxylation is 1. The van der Waals surface area contributed by atoms with E-state index in [0.29, 0.717) is 52.8 Å². The third kappa shape index (κ3) is 4.31. The van der Waals surface area contributed by atoms with Crippen LogP contribution >= 0.6 is 11.3 Å². The Hall–Kier alpha value is -2.36. The molecule has 29 heavy (non-hydrogen) atoms. The largest absolute Gasteiger partial charge is 0.462 e. The van der Waals surface area contributed by atoms with Crippen LogP contribution in [0.5, 0.6) is 0 Å². The molecule has 3 rings (SSSR count). The van der Waals surface area contributed by atoms with Crippen LogP contribution in [-0.2, 0) is 28.9 Å². The smallest absolute Gasteiger partial charge is 0.350 e. The van der Waals surface area contributed by atoms with Gasteiger partial charge in [0.1, 0.15) is 17.1 Å². The molecule has 2 heterocycles. The minimum Gasteiger partial charge on any atom is -0.462 e. The molecule has 0 N–H and O–H groups in total. The summed E-state index contributed by atoms with van der Waals surface area (Å²) in [6, 6.07) is 0. The first-order valence-corrected chi connectivity index (χ1v) is 10.5. The first-order chi connectivity index (χ1) is 13.9. The molecule has 0 saturated carbocycles. The number of nitrogens with zero attached hydrogens (tertiary/aromatic N) is 4. The van der Waals surface area contributed by atoms with Crippen LogP contribution in [0.2, 0.25) is 0 Å². The van der Waals surface area contributed by atoms with Crippen molar-refractivity contribution >= 4 is 28.3 Å². The number of fused-ring (bicyclic) bond motifs is 1. The van der Waals surface area contributed by atoms with Gasteiger partial charge in [-0.2, -0.15) is 5.10 Å². The monoisotopic (exact) mass is 426 g/mol. The highest BCUT2D eigenvalue weighted by atomic mass is 32.1. The number of carbonyl (C=O) groups excluding carboxylic acids is 2. The third-order valence-electron chi connectivity index (χ3n) is 4.75. The number of rotatable bonds is 8. The maximum Gasteiger partial charge on any atom is 0.350 e. The van der Waals surface area contributed by atoms with Gasteiger partial charge in [-0.05, 0) is 39.5 Å². The second-order valence-electron chi connectivity index (χ2n) is 6.80. The highest BCUT2D eigenvalue weighted by Gasteiger charge is 2.29. The molecular formula is C19H24F2N4O3S. The number of halogens is 2. The van der Waals surface area contributed by atoms with Crippen molar-refractivity contribution in [3.8, 4) is 0 Å². The van der Waals surface area contributed by atoms with Crippen molar-refractivity contribution in [1.82, 2.24) is 14.8 Å². The Bertz CT molecular complexity index is 910. The number of alkyl halides is 2. The van der Waals surface area contributed by atoms with Crippen molar-refractivity contribution in [1.29, 1.82) is 0 Å². The summed E-state index contributed by atoms with van der Waals surface area (Å²) in [5.74, 6) is -0.766. The summed E-state index contributed by atoms with van der Waals surface area (Å²) in [6.07, 6.45) is 0.0155. The molecule has 0 aromatic carbocycles. The van der Waals surface area contributed by atoms with Crippen LogP contribution in [0.15, 0.2) is 0 Å². The summed E-state index contributed by atoms with van der Waals surface area (Å²) in [4.78, 5) is 31.3. The van der Waals surface area contributed by atoms with Gasteiger partial charge in [0, 0.05) is 17.8 Å². The fraction of sp³-hybridized carbons (Fsp3) is 0.579. The molecule has 1 aliphatic rings. The second-order valence-corrected chi connectivity index (χ2v) is 7.78. The van der Waals surface area contributed by atoms with E-state index < -0.39 is 12.4 Å². The number of thiazole rings is 1. The summed E-state index contributed by atoms with van der Waals surface area (Å²) >= 11 is 1.10. The molecule has 0 bridgehead atoms. The number of esters is 1. The van der Waals surface area contributed by atoms with Gasteiger partial charge in [0.2, 0.25) is 0 Å². The van der Waals surface area contributed by atoms with Crippen LogP contribution in [-0.4, -0.2) is 39.8 Å². The molecule has 0 unspecified atom stereocenters. The highest BCUT2D eigenvalue weighted by Crippen LogP contribution is 2.32. The van der Waals surface area contributed by atoms with E-state index >= 15 is 0 Å². The molecular weight excluding hydrogens is 402 g/mol.